The van der Waals surface area contributed by atoms with Crippen molar-refractivity contribution in [2.45, 2.75) is 13.8 Å². The highest BCUT2D eigenvalue weighted by Gasteiger charge is 2.05. The van der Waals surface area contributed by atoms with Crippen LogP contribution in [0.25, 0.3) is 5.69 Å². The molecule has 0 saturated heterocycles. The normalized spacial score (nSPS) is 10.3. The van der Waals surface area contributed by atoms with E-state index >= 15 is 0 Å². The molecule has 0 bridgehead atoms. The summed E-state index contributed by atoms with van der Waals surface area (Å²) in [5.41, 5.74) is 2.11. The molecule has 0 radical (unpaired) electrons. The number of aromatic nitrogens is 2. The van der Waals surface area contributed by atoms with Gasteiger partial charge in [-0.25, -0.2) is 4.68 Å². The predicted octanol–water partition coefficient (Wildman–Crippen LogP) is 2.61. The van der Waals surface area contributed by atoms with Crippen LogP contribution < -0.4 is 5.32 Å². The van der Waals surface area contributed by atoms with Gasteiger partial charge in [0.05, 0.1) is 11.4 Å². The number of benzene rings is 1. The lowest BCUT2D eigenvalue weighted by Gasteiger charge is -2.07. The Bertz CT molecular complexity index is 431. The van der Waals surface area contributed by atoms with Gasteiger partial charge >= 0.3 is 0 Å². The summed E-state index contributed by atoms with van der Waals surface area (Å²) < 4.78 is 1.93. The standard InChI is InChI=1S/C12H15N3/c1-3-13-12-9-10(2)14-15(12)11-7-5-4-6-8-11/h4-9,13H,3H2,1-2H3. The van der Waals surface area contributed by atoms with Gasteiger partial charge in [0.1, 0.15) is 5.82 Å². The second-order valence-electron chi connectivity index (χ2n) is 3.45. The zero-order valence-electron chi connectivity index (χ0n) is 9.07. The molecule has 0 fully saturated rings. The predicted molar refractivity (Wildman–Crippen MR) is 62.5 cm³/mol. The molecule has 0 amide bonds. The molecule has 1 aromatic heterocycles. The molecule has 0 aliphatic heterocycles. The van der Waals surface area contributed by atoms with Crippen molar-refractivity contribution in [1.82, 2.24) is 9.78 Å². The lowest BCUT2D eigenvalue weighted by Crippen LogP contribution is -2.05. The lowest BCUT2D eigenvalue weighted by molar-refractivity contribution is 0.862. The fourth-order valence-electron chi connectivity index (χ4n) is 1.57. The first kappa shape index (κ1) is 9.77. The van der Waals surface area contributed by atoms with Crippen molar-refractivity contribution in [2.24, 2.45) is 0 Å². The zero-order chi connectivity index (χ0) is 10.7. The minimum absolute atomic E-state index is 0.901. The fourth-order valence-corrected chi connectivity index (χ4v) is 1.57. The zero-order valence-corrected chi connectivity index (χ0v) is 9.07. The Morgan fingerprint density at radius 1 is 1.27 bits per heavy atom. The van der Waals surface area contributed by atoms with Crippen molar-refractivity contribution in [1.29, 1.82) is 0 Å². The van der Waals surface area contributed by atoms with E-state index in [2.05, 4.69) is 23.4 Å². The molecule has 1 N–H and O–H groups in total. The van der Waals surface area contributed by atoms with Crippen molar-refractivity contribution in [2.75, 3.05) is 11.9 Å². The van der Waals surface area contributed by atoms with E-state index in [1.165, 1.54) is 0 Å². The quantitative estimate of drug-likeness (QED) is 0.827. The van der Waals surface area contributed by atoms with Crippen molar-refractivity contribution in [3.05, 3.63) is 42.1 Å². The summed E-state index contributed by atoms with van der Waals surface area (Å²) in [4.78, 5) is 0. The SMILES string of the molecule is CCNc1cc(C)nn1-c1ccccc1. The number of rotatable bonds is 3. The summed E-state index contributed by atoms with van der Waals surface area (Å²) in [5.74, 6) is 1.04. The molecule has 0 atom stereocenters. The van der Waals surface area contributed by atoms with Crippen LogP contribution in [0.5, 0.6) is 0 Å². The van der Waals surface area contributed by atoms with Crippen molar-refractivity contribution < 1.29 is 0 Å². The highest BCUT2D eigenvalue weighted by atomic mass is 15.3. The third-order valence-corrected chi connectivity index (χ3v) is 2.19. The molecule has 0 aliphatic carbocycles. The maximum atomic E-state index is 4.45. The number of anilines is 1. The van der Waals surface area contributed by atoms with Gasteiger partial charge in [-0.05, 0) is 26.0 Å². The molecule has 15 heavy (non-hydrogen) atoms. The van der Waals surface area contributed by atoms with Crippen LogP contribution in [-0.4, -0.2) is 16.3 Å². The molecular formula is C12H15N3. The Hall–Kier alpha value is -1.77. The van der Waals surface area contributed by atoms with Gasteiger partial charge in [-0.3, -0.25) is 0 Å². The Labute approximate surface area is 89.7 Å². The average molecular weight is 201 g/mol. The maximum absolute atomic E-state index is 4.45. The minimum Gasteiger partial charge on any atom is -0.370 e. The van der Waals surface area contributed by atoms with Crippen LogP contribution in [0.2, 0.25) is 0 Å². The highest BCUT2D eigenvalue weighted by Crippen LogP contribution is 2.16. The second-order valence-corrected chi connectivity index (χ2v) is 3.45. The number of nitrogens with zero attached hydrogens (tertiary/aromatic N) is 2. The largest absolute Gasteiger partial charge is 0.370 e. The van der Waals surface area contributed by atoms with E-state index in [0.29, 0.717) is 0 Å². The van der Waals surface area contributed by atoms with Gasteiger partial charge < -0.3 is 5.32 Å². The first-order valence-corrected chi connectivity index (χ1v) is 5.17. The smallest absolute Gasteiger partial charge is 0.130 e. The summed E-state index contributed by atoms with van der Waals surface area (Å²) in [6, 6.07) is 12.2. The van der Waals surface area contributed by atoms with Crippen LogP contribution in [0.4, 0.5) is 5.82 Å². The molecule has 3 heteroatoms. The fraction of sp³-hybridized carbons (Fsp3) is 0.250. The van der Waals surface area contributed by atoms with Gasteiger partial charge in [0.15, 0.2) is 0 Å². The summed E-state index contributed by atoms with van der Waals surface area (Å²) in [6.07, 6.45) is 0. The molecule has 1 aromatic carbocycles. The number of hydrogen-bond donors (Lipinski definition) is 1. The number of para-hydroxylation sites is 1. The molecule has 0 spiro atoms. The molecule has 2 rings (SSSR count). The second kappa shape index (κ2) is 4.17. The Morgan fingerprint density at radius 2 is 2.00 bits per heavy atom. The van der Waals surface area contributed by atoms with E-state index in [-0.39, 0.29) is 0 Å². The van der Waals surface area contributed by atoms with E-state index in [0.717, 1.165) is 23.7 Å². The molecule has 0 saturated carbocycles. The van der Waals surface area contributed by atoms with Gasteiger partial charge in [-0.1, -0.05) is 18.2 Å². The topological polar surface area (TPSA) is 29.9 Å². The third-order valence-electron chi connectivity index (χ3n) is 2.19. The van der Waals surface area contributed by atoms with Crippen LogP contribution in [0.15, 0.2) is 36.4 Å². The van der Waals surface area contributed by atoms with E-state index in [1.54, 1.807) is 0 Å². The molecule has 0 aliphatic rings. The van der Waals surface area contributed by atoms with E-state index in [1.807, 2.05) is 41.9 Å². The van der Waals surface area contributed by atoms with Crippen molar-refractivity contribution in [3.63, 3.8) is 0 Å². The summed E-state index contributed by atoms with van der Waals surface area (Å²) in [6.45, 7) is 4.98. The van der Waals surface area contributed by atoms with Crippen LogP contribution in [-0.2, 0) is 0 Å². The summed E-state index contributed by atoms with van der Waals surface area (Å²) in [7, 11) is 0. The van der Waals surface area contributed by atoms with Crippen LogP contribution in [0.3, 0.4) is 0 Å². The molecule has 3 nitrogen and oxygen atoms in total. The lowest BCUT2D eigenvalue weighted by atomic mass is 10.3. The van der Waals surface area contributed by atoms with Crippen LogP contribution >= 0.6 is 0 Å². The number of hydrogen-bond acceptors (Lipinski definition) is 2. The van der Waals surface area contributed by atoms with Gasteiger partial charge in [-0.15, -0.1) is 0 Å². The number of nitrogens with one attached hydrogen (secondary N) is 1. The number of aryl methyl sites for hydroxylation is 1. The maximum Gasteiger partial charge on any atom is 0.130 e. The van der Waals surface area contributed by atoms with E-state index in [4.69, 9.17) is 0 Å². The average Bonchev–Trinajstić information content (AvgIpc) is 2.62. The van der Waals surface area contributed by atoms with Crippen molar-refractivity contribution in [3.8, 4) is 5.69 Å². The molecule has 0 unspecified atom stereocenters. The van der Waals surface area contributed by atoms with Gasteiger partial charge in [0.2, 0.25) is 0 Å². The minimum atomic E-state index is 0.901. The van der Waals surface area contributed by atoms with Crippen LogP contribution in [0, 0.1) is 6.92 Å². The molecule has 78 valence electrons. The molecule has 1 heterocycles. The Morgan fingerprint density at radius 3 is 2.67 bits per heavy atom. The van der Waals surface area contributed by atoms with E-state index < -0.39 is 0 Å². The monoisotopic (exact) mass is 201 g/mol. The Kier molecular flexibility index (Phi) is 2.72. The highest BCUT2D eigenvalue weighted by molar-refractivity contribution is 5.45. The van der Waals surface area contributed by atoms with Crippen LogP contribution in [0.1, 0.15) is 12.6 Å². The van der Waals surface area contributed by atoms with Crippen molar-refractivity contribution >= 4 is 5.82 Å². The van der Waals surface area contributed by atoms with Gasteiger partial charge in [0, 0.05) is 12.6 Å². The third kappa shape index (κ3) is 2.01. The Balaban J connectivity index is 2.43. The molecular weight excluding hydrogens is 186 g/mol. The van der Waals surface area contributed by atoms with Gasteiger partial charge in [-0.2, -0.15) is 5.10 Å². The summed E-state index contributed by atoms with van der Waals surface area (Å²) in [5, 5.41) is 7.75. The first-order chi connectivity index (χ1) is 7.31. The van der Waals surface area contributed by atoms with Gasteiger partial charge in [0.25, 0.3) is 0 Å². The summed E-state index contributed by atoms with van der Waals surface area (Å²) >= 11 is 0. The van der Waals surface area contributed by atoms with E-state index in [9.17, 15) is 0 Å². The molecule has 2 aromatic rings. The first-order valence-electron chi connectivity index (χ1n) is 5.17.